The summed E-state index contributed by atoms with van der Waals surface area (Å²) in [6.45, 7) is 0.468. The van der Waals surface area contributed by atoms with Crippen molar-refractivity contribution in [1.82, 2.24) is 0 Å². The molecule has 1 rings (SSSR count). The molecule has 1 aromatic rings. The maximum Gasteiger partial charge on any atom is 0.138 e. The van der Waals surface area contributed by atoms with Crippen molar-refractivity contribution in [2.24, 2.45) is 0 Å². The number of furan rings is 1. The third-order valence-electron chi connectivity index (χ3n) is 1.53. The fraction of sp³-hybridized carbons (Fsp3) is 0.500. The lowest BCUT2D eigenvalue weighted by molar-refractivity contribution is 0.156. The van der Waals surface area contributed by atoms with Crippen LogP contribution in [0.3, 0.4) is 0 Å². The first-order chi connectivity index (χ1) is 5.79. The molecule has 1 heterocycles. The predicted octanol–water partition coefficient (Wildman–Crippen LogP) is 1.85. The van der Waals surface area contributed by atoms with E-state index in [1.807, 2.05) is 0 Å². The van der Waals surface area contributed by atoms with Gasteiger partial charge >= 0.3 is 0 Å². The molecule has 0 fully saturated rings. The van der Waals surface area contributed by atoms with Gasteiger partial charge < -0.3 is 14.3 Å². The summed E-state index contributed by atoms with van der Waals surface area (Å²) in [4.78, 5) is 0. The third kappa shape index (κ3) is 2.09. The molecule has 0 spiro atoms. The van der Waals surface area contributed by atoms with E-state index in [4.69, 9.17) is 9.15 Å². The molecular formula is C8H11BrO3. The second kappa shape index (κ2) is 4.64. The van der Waals surface area contributed by atoms with Crippen molar-refractivity contribution >= 4 is 15.9 Å². The predicted molar refractivity (Wildman–Crippen MR) is 48.2 cm³/mol. The van der Waals surface area contributed by atoms with Crippen molar-refractivity contribution in [2.75, 3.05) is 12.4 Å². The lowest BCUT2D eigenvalue weighted by Gasteiger charge is -2.05. The summed E-state index contributed by atoms with van der Waals surface area (Å²) in [6, 6.07) is 1.80. The van der Waals surface area contributed by atoms with Gasteiger partial charge in [-0.1, -0.05) is 15.9 Å². The minimum absolute atomic E-state index is 0.468. The van der Waals surface area contributed by atoms with Gasteiger partial charge in [0.1, 0.15) is 11.9 Å². The highest BCUT2D eigenvalue weighted by atomic mass is 79.9. The summed E-state index contributed by atoms with van der Waals surface area (Å²) < 4.78 is 10.0. The van der Waals surface area contributed by atoms with Crippen molar-refractivity contribution in [1.29, 1.82) is 0 Å². The number of alkyl halides is 1. The SMILES string of the molecule is COCc1ccoc1C(O)CBr. The average Bonchev–Trinajstić information content (AvgIpc) is 2.52. The lowest BCUT2D eigenvalue weighted by atomic mass is 10.2. The van der Waals surface area contributed by atoms with Crippen LogP contribution >= 0.6 is 15.9 Å². The van der Waals surface area contributed by atoms with Gasteiger partial charge in [0.05, 0.1) is 12.9 Å². The molecule has 1 aromatic heterocycles. The Hall–Kier alpha value is -0.320. The van der Waals surface area contributed by atoms with E-state index in [1.165, 1.54) is 0 Å². The van der Waals surface area contributed by atoms with E-state index in [1.54, 1.807) is 19.4 Å². The first-order valence-corrected chi connectivity index (χ1v) is 4.71. The molecule has 1 unspecified atom stereocenters. The Bertz CT molecular complexity index is 234. The van der Waals surface area contributed by atoms with Crippen LogP contribution in [0.2, 0.25) is 0 Å². The van der Waals surface area contributed by atoms with E-state index >= 15 is 0 Å². The molecule has 0 amide bonds. The van der Waals surface area contributed by atoms with Crippen LogP contribution in [0.15, 0.2) is 16.7 Å². The van der Waals surface area contributed by atoms with Gasteiger partial charge in [0.25, 0.3) is 0 Å². The number of methoxy groups -OCH3 is 1. The number of hydrogen-bond donors (Lipinski definition) is 1. The van der Waals surface area contributed by atoms with Gasteiger partial charge in [0.2, 0.25) is 0 Å². The standard InChI is InChI=1S/C8H11BrO3/c1-11-5-6-2-3-12-8(6)7(10)4-9/h2-3,7,10H,4-5H2,1H3. The molecule has 0 aliphatic heterocycles. The van der Waals surface area contributed by atoms with Crippen molar-refractivity contribution in [2.45, 2.75) is 12.7 Å². The molecule has 1 atom stereocenters. The summed E-state index contributed by atoms with van der Waals surface area (Å²) >= 11 is 3.17. The second-order valence-corrected chi connectivity index (χ2v) is 3.06. The molecule has 1 N–H and O–H groups in total. The number of halogens is 1. The van der Waals surface area contributed by atoms with E-state index in [-0.39, 0.29) is 0 Å². The molecule has 12 heavy (non-hydrogen) atoms. The first kappa shape index (κ1) is 9.77. The fourth-order valence-electron chi connectivity index (χ4n) is 0.985. The summed E-state index contributed by atoms with van der Waals surface area (Å²) in [5.74, 6) is 0.578. The first-order valence-electron chi connectivity index (χ1n) is 3.58. The van der Waals surface area contributed by atoms with Gasteiger partial charge in [-0.3, -0.25) is 0 Å². The molecule has 0 aliphatic carbocycles. The van der Waals surface area contributed by atoms with Gasteiger partial charge in [-0.25, -0.2) is 0 Å². The molecule has 0 bridgehead atoms. The highest BCUT2D eigenvalue weighted by Crippen LogP contribution is 2.21. The maximum absolute atomic E-state index is 9.43. The molecule has 0 radical (unpaired) electrons. The molecule has 0 saturated heterocycles. The fourth-order valence-corrected chi connectivity index (χ4v) is 1.28. The summed E-state index contributed by atoms with van der Waals surface area (Å²) in [5, 5.41) is 9.90. The number of ether oxygens (including phenoxy) is 1. The Morgan fingerprint density at radius 1 is 1.75 bits per heavy atom. The Kier molecular flexibility index (Phi) is 3.78. The topological polar surface area (TPSA) is 42.6 Å². The van der Waals surface area contributed by atoms with Crippen LogP contribution < -0.4 is 0 Å². The van der Waals surface area contributed by atoms with Crippen molar-refractivity contribution in [3.8, 4) is 0 Å². The molecule has 3 nitrogen and oxygen atoms in total. The highest BCUT2D eigenvalue weighted by Gasteiger charge is 2.14. The van der Waals surface area contributed by atoms with Crippen molar-refractivity contribution < 1.29 is 14.3 Å². The van der Waals surface area contributed by atoms with Crippen LogP contribution in [0.25, 0.3) is 0 Å². The van der Waals surface area contributed by atoms with Gasteiger partial charge in [0, 0.05) is 18.0 Å². The Balaban J connectivity index is 2.76. The summed E-state index contributed by atoms with van der Waals surface area (Å²) in [7, 11) is 1.61. The second-order valence-electron chi connectivity index (χ2n) is 2.41. The molecular weight excluding hydrogens is 224 g/mol. The van der Waals surface area contributed by atoms with Crippen molar-refractivity contribution in [3.63, 3.8) is 0 Å². The van der Waals surface area contributed by atoms with Gasteiger partial charge in [-0.15, -0.1) is 0 Å². The van der Waals surface area contributed by atoms with Crippen LogP contribution in [-0.4, -0.2) is 17.5 Å². The van der Waals surface area contributed by atoms with E-state index in [0.717, 1.165) is 5.56 Å². The normalized spacial score (nSPS) is 13.2. The third-order valence-corrected chi connectivity index (χ3v) is 2.14. The minimum Gasteiger partial charge on any atom is -0.466 e. The molecule has 68 valence electrons. The zero-order chi connectivity index (χ0) is 8.97. The van der Waals surface area contributed by atoms with Crippen LogP contribution in [0, 0.1) is 0 Å². The van der Waals surface area contributed by atoms with Gasteiger partial charge in [-0.2, -0.15) is 0 Å². The van der Waals surface area contributed by atoms with Crippen LogP contribution in [0.1, 0.15) is 17.4 Å². The zero-order valence-electron chi connectivity index (χ0n) is 6.79. The summed E-state index contributed by atoms with van der Waals surface area (Å²) in [5.41, 5.74) is 0.893. The molecule has 0 aliphatic rings. The monoisotopic (exact) mass is 234 g/mol. The van der Waals surface area contributed by atoms with Crippen molar-refractivity contribution in [3.05, 3.63) is 23.7 Å². The Morgan fingerprint density at radius 3 is 3.08 bits per heavy atom. The van der Waals surface area contributed by atoms with E-state index < -0.39 is 6.10 Å². The number of aliphatic hydroxyl groups excluding tert-OH is 1. The molecule has 0 aromatic carbocycles. The van der Waals surface area contributed by atoms with E-state index in [9.17, 15) is 5.11 Å². The molecule has 4 heteroatoms. The number of aliphatic hydroxyl groups is 1. The quantitative estimate of drug-likeness (QED) is 0.810. The smallest absolute Gasteiger partial charge is 0.138 e. The largest absolute Gasteiger partial charge is 0.466 e. The Morgan fingerprint density at radius 2 is 2.50 bits per heavy atom. The Labute approximate surface area is 79.5 Å². The number of rotatable bonds is 4. The van der Waals surface area contributed by atoms with Crippen LogP contribution in [0.5, 0.6) is 0 Å². The highest BCUT2D eigenvalue weighted by molar-refractivity contribution is 9.09. The minimum atomic E-state index is -0.592. The van der Waals surface area contributed by atoms with Crippen LogP contribution in [-0.2, 0) is 11.3 Å². The van der Waals surface area contributed by atoms with E-state index in [0.29, 0.717) is 17.7 Å². The number of hydrogen-bond acceptors (Lipinski definition) is 3. The van der Waals surface area contributed by atoms with E-state index in [2.05, 4.69) is 15.9 Å². The van der Waals surface area contributed by atoms with Crippen LogP contribution in [0.4, 0.5) is 0 Å². The maximum atomic E-state index is 9.43. The lowest BCUT2D eigenvalue weighted by Crippen LogP contribution is -2.00. The van der Waals surface area contributed by atoms with Gasteiger partial charge in [0.15, 0.2) is 0 Å². The summed E-state index contributed by atoms with van der Waals surface area (Å²) in [6.07, 6.45) is 0.959. The average molecular weight is 235 g/mol. The molecule has 0 saturated carbocycles. The van der Waals surface area contributed by atoms with Gasteiger partial charge in [-0.05, 0) is 6.07 Å². The zero-order valence-corrected chi connectivity index (χ0v) is 8.37.